The van der Waals surface area contributed by atoms with E-state index in [1.54, 1.807) is 35.7 Å². The molecule has 0 aliphatic heterocycles. The van der Waals surface area contributed by atoms with E-state index in [2.05, 4.69) is 15.5 Å². The van der Waals surface area contributed by atoms with Gasteiger partial charge < -0.3 is 0 Å². The molecule has 0 spiro atoms. The van der Waals surface area contributed by atoms with Gasteiger partial charge in [-0.15, -0.1) is 11.3 Å². The van der Waals surface area contributed by atoms with E-state index in [4.69, 9.17) is 23.2 Å². The summed E-state index contributed by atoms with van der Waals surface area (Å²) in [4.78, 5) is 4.39. The molecule has 0 fully saturated rings. The molecule has 3 rings (SSSR count). The van der Waals surface area contributed by atoms with Gasteiger partial charge in [-0.05, 0) is 24.3 Å². The maximum atomic E-state index is 13.6. The van der Waals surface area contributed by atoms with Crippen LogP contribution in [0.25, 0.3) is 11.3 Å². The van der Waals surface area contributed by atoms with Gasteiger partial charge in [0.1, 0.15) is 11.9 Å². The van der Waals surface area contributed by atoms with E-state index in [1.807, 2.05) is 6.07 Å². The molecule has 0 bridgehead atoms. The van der Waals surface area contributed by atoms with Crippen molar-refractivity contribution in [3.05, 3.63) is 68.7 Å². The number of hydrazone groups is 1. The highest BCUT2D eigenvalue weighted by Crippen LogP contribution is 2.29. The van der Waals surface area contributed by atoms with Crippen LogP contribution in [0.3, 0.4) is 0 Å². The number of halogens is 3. The monoisotopic (exact) mass is 390 g/mol. The summed E-state index contributed by atoms with van der Waals surface area (Å²) < 4.78 is 13.6. The molecule has 2 aromatic carbocycles. The number of aromatic nitrogens is 1. The van der Waals surface area contributed by atoms with Crippen LogP contribution in [0.5, 0.6) is 0 Å². The summed E-state index contributed by atoms with van der Waals surface area (Å²) in [6.07, 6.45) is 0. The van der Waals surface area contributed by atoms with E-state index < -0.39 is 5.82 Å². The summed E-state index contributed by atoms with van der Waals surface area (Å²) in [7, 11) is 0. The fourth-order valence-corrected chi connectivity index (χ4v) is 3.02. The Kier molecular flexibility index (Phi) is 5.29. The topological polar surface area (TPSA) is 61.1 Å². The molecule has 4 nitrogen and oxygen atoms in total. The number of nitrogens with one attached hydrogen (secondary N) is 1. The van der Waals surface area contributed by atoms with Gasteiger partial charge in [0.15, 0.2) is 10.7 Å². The predicted octanol–water partition coefficient (Wildman–Crippen LogP) is 5.60. The maximum Gasteiger partial charge on any atom is 0.196 e. The van der Waals surface area contributed by atoms with Crippen molar-refractivity contribution in [3.63, 3.8) is 0 Å². The second-order valence-corrected chi connectivity index (χ2v) is 6.50. The van der Waals surface area contributed by atoms with Crippen LogP contribution >= 0.6 is 34.5 Å². The number of hydrogen-bond acceptors (Lipinski definition) is 5. The Morgan fingerprint density at radius 3 is 2.72 bits per heavy atom. The Hall–Kier alpha value is -2.46. The Labute approximate surface area is 157 Å². The first-order valence-corrected chi connectivity index (χ1v) is 8.61. The zero-order chi connectivity index (χ0) is 17.8. The van der Waals surface area contributed by atoms with Crippen LogP contribution in [0.1, 0.15) is 5.01 Å². The standard InChI is InChI=1S/C17H9Cl2FN4S/c18-11-6-5-10(7-12(11)19)16-9-25-17(22-16)15(8-21)24-23-14-4-2-1-3-13(14)20/h1-7,9,23H/b24-15-. The van der Waals surface area contributed by atoms with Crippen molar-refractivity contribution in [2.45, 2.75) is 0 Å². The maximum absolute atomic E-state index is 13.6. The third-order valence-corrected chi connectivity index (χ3v) is 4.78. The minimum Gasteiger partial charge on any atom is -0.274 e. The number of para-hydroxylation sites is 1. The summed E-state index contributed by atoms with van der Waals surface area (Å²) in [5.41, 5.74) is 4.20. The Bertz CT molecular complexity index is 994. The van der Waals surface area contributed by atoms with E-state index in [0.29, 0.717) is 20.7 Å². The molecule has 0 aliphatic rings. The SMILES string of the molecule is N#C/C(=N/Nc1ccccc1F)c1nc(-c2ccc(Cl)c(Cl)c2)cs1. The summed E-state index contributed by atoms with van der Waals surface area (Å²) in [6, 6.07) is 13.2. The van der Waals surface area contributed by atoms with Crippen molar-refractivity contribution in [2.75, 3.05) is 5.43 Å². The van der Waals surface area contributed by atoms with Crippen molar-refractivity contribution in [2.24, 2.45) is 5.10 Å². The average Bonchev–Trinajstić information content (AvgIpc) is 3.09. The quantitative estimate of drug-likeness (QED) is 0.466. The van der Waals surface area contributed by atoms with Crippen LogP contribution in [-0.2, 0) is 0 Å². The highest BCUT2D eigenvalue weighted by molar-refractivity contribution is 7.12. The number of thiazole rings is 1. The Morgan fingerprint density at radius 2 is 2.00 bits per heavy atom. The van der Waals surface area contributed by atoms with Crippen LogP contribution in [0, 0.1) is 17.1 Å². The summed E-state index contributed by atoms with van der Waals surface area (Å²) in [5.74, 6) is -0.459. The summed E-state index contributed by atoms with van der Waals surface area (Å²) in [5, 5.41) is 16.3. The highest BCUT2D eigenvalue weighted by atomic mass is 35.5. The zero-order valence-electron chi connectivity index (χ0n) is 12.5. The van der Waals surface area contributed by atoms with E-state index in [1.165, 1.54) is 23.5 Å². The van der Waals surface area contributed by atoms with Gasteiger partial charge in [-0.2, -0.15) is 10.4 Å². The summed E-state index contributed by atoms with van der Waals surface area (Å²) >= 11 is 13.2. The molecule has 1 heterocycles. The Morgan fingerprint density at radius 1 is 1.20 bits per heavy atom. The molecule has 0 aliphatic carbocycles. The largest absolute Gasteiger partial charge is 0.274 e. The lowest BCUT2D eigenvalue weighted by Crippen LogP contribution is -2.02. The van der Waals surface area contributed by atoms with Gasteiger partial charge in [-0.3, -0.25) is 5.43 Å². The van der Waals surface area contributed by atoms with Gasteiger partial charge in [0.25, 0.3) is 0 Å². The lowest BCUT2D eigenvalue weighted by atomic mass is 10.2. The van der Waals surface area contributed by atoms with Crippen molar-refractivity contribution >= 4 is 45.9 Å². The highest BCUT2D eigenvalue weighted by Gasteiger charge is 2.12. The molecule has 1 N–H and O–H groups in total. The minimum absolute atomic E-state index is 0.0552. The number of nitrogens with zero attached hydrogens (tertiary/aromatic N) is 3. The lowest BCUT2D eigenvalue weighted by Gasteiger charge is -2.01. The first-order valence-electron chi connectivity index (χ1n) is 6.98. The average molecular weight is 391 g/mol. The van der Waals surface area contributed by atoms with Gasteiger partial charge in [-0.25, -0.2) is 9.37 Å². The molecule has 0 saturated heterocycles. The van der Waals surface area contributed by atoms with E-state index in [9.17, 15) is 9.65 Å². The van der Waals surface area contributed by atoms with Crippen LogP contribution in [0.15, 0.2) is 52.9 Å². The van der Waals surface area contributed by atoms with E-state index >= 15 is 0 Å². The van der Waals surface area contributed by atoms with Crippen LogP contribution in [-0.4, -0.2) is 10.7 Å². The van der Waals surface area contributed by atoms with Gasteiger partial charge in [-0.1, -0.05) is 41.4 Å². The van der Waals surface area contributed by atoms with Crippen molar-refractivity contribution in [1.82, 2.24) is 4.98 Å². The van der Waals surface area contributed by atoms with Gasteiger partial charge in [0.05, 0.1) is 21.4 Å². The van der Waals surface area contributed by atoms with Crippen molar-refractivity contribution < 1.29 is 4.39 Å². The molecule has 25 heavy (non-hydrogen) atoms. The molecule has 0 amide bonds. The molecule has 0 radical (unpaired) electrons. The minimum atomic E-state index is -0.459. The van der Waals surface area contributed by atoms with Crippen molar-refractivity contribution in [3.8, 4) is 17.3 Å². The third kappa shape index (κ3) is 3.97. The smallest absolute Gasteiger partial charge is 0.196 e. The normalized spacial score (nSPS) is 11.2. The van der Waals surface area contributed by atoms with E-state index in [0.717, 1.165) is 5.56 Å². The number of benzene rings is 2. The molecule has 0 saturated carbocycles. The van der Waals surface area contributed by atoms with Gasteiger partial charge in [0, 0.05) is 10.9 Å². The van der Waals surface area contributed by atoms with Gasteiger partial charge in [0.2, 0.25) is 0 Å². The van der Waals surface area contributed by atoms with Gasteiger partial charge >= 0.3 is 0 Å². The Balaban J connectivity index is 1.86. The predicted molar refractivity (Wildman–Crippen MR) is 99.7 cm³/mol. The van der Waals surface area contributed by atoms with Crippen LogP contribution < -0.4 is 5.43 Å². The van der Waals surface area contributed by atoms with Crippen LogP contribution in [0.4, 0.5) is 10.1 Å². The van der Waals surface area contributed by atoms with Crippen molar-refractivity contribution in [1.29, 1.82) is 5.26 Å². The second-order valence-electron chi connectivity index (χ2n) is 4.83. The van der Waals surface area contributed by atoms with Crippen LogP contribution in [0.2, 0.25) is 10.0 Å². The molecular formula is C17H9Cl2FN4S. The molecule has 0 unspecified atom stereocenters. The molecule has 8 heteroatoms. The van der Waals surface area contributed by atoms with E-state index in [-0.39, 0.29) is 11.4 Å². The molecular weight excluding hydrogens is 382 g/mol. The molecule has 124 valence electrons. The molecule has 1 aromatic heterocycles. The second kappa shape index (κ2) is 7.62. The first kappa shape index (κ1) is 17.4. The summed E-state index contributed by atoms with van der Waals surface area (Å²) in [6.45, 7) is 0. The number of hydrogen-bond donors (Lipinski definition) is 1. The number of rotatable bonds is 4. The first-order chi connectivity index (χ1) is 12.1. The fraction of sp³-hybridized carbons (Fsp3) is 0. The third-order valence-electron chi connectivity index (χ3n) is 3.19. The lowest BCUT2D eigenvalue weighted by molar-refractivity contribution is 0.630. The number of nitriles is 1. The molecule has 0 atom stereocenters. The molecule has 3 aromatic rings. The zero-order valence-corrected chi connectivity index (χ0v) is 14.8. The number of anilines is 1. The fourth-order valence-electron chi connectivity index (χ4n) is 1.96.